The van der Waals surface area contributed by atoms with Crippen molar-refractivity contribution in [1.29, 1.82) is 0 Å². The predicted molar refractivity (Wildman–Crippen MR) is 172 cm³/mol. The summed E-state index contributed by atoms with van der Waals surface area (Å²) in [6, 6.07) is -0.113. The van der Waals surface area contributed by atoms with Crippen molar-refractivity contribution in [2.24, 2.45) is 22.4 Å². The highest BCUT2D eigenvalue weighted by Gasteiger charge is 2.39. The number of likely N-dealkylation sites (tertiary alicyclic amines) is 1. The van der Waals surface area contributed by atoms with Crippen molar-refractivity contribution in [1.82, 2.24) is 31.2 Å². The fraction of sp³-hybridized carbons (Fsp3) is 0.645. The molecule has 0 spiro atoms. The molecule has 0 bridgehead atoms. The number of hydrogen-bond donors (Lipinski definition) is 6. The molecule has 1 aliphatic heterocycles. The van der Waals surface area contributed by atoms with Crippen LogP contribution in [0.3, 0.4) is 0 Å². The maximum absolute atomic E-state index is 13.8. The first-order valence-electron chi connectivity index (χ1n) is 15.9. The second-order valence-electron chi connectivity index (χ2n) is 11.5. The van der Waals surface area contributed by atoms with Crippen LogP contribution in [0.25, 0.3) is 0 Å². The summed E-state index contributed by atoms with van der Waals surface area (Å²) >= 11 is 0. The van der Waals surface area contributed by atoms with Gasteiger partial charge in [0.05, 0.1) is 5.56 Å². The number of aromatic nitrogens is 1. The molecule has 1 aromatic heterocycles. The van der Waals surface area contributed by atoms with Crippen molar-refractivity contribution < 1.29 is 24.0 Å². The molecule has 14 nitrogen and oxygen atoms in total. The van der Waals surface area contributed by atoms with Crippen molar-refractivity contribution in [2.75, 3.05) is 19.6 Å². The summed E-state index contributed by atoms with van der Waals surface area (Å²) in [6.45, 7) is 10.3. The van der Waals surface area contributed by atoms with Crippen LogP contribution in [0.15, 0.2) is 23.3 Å². The minimum atomic E-state index is -0.981. The number of likely N-dealkylation sites (N-methyl/N-ethyl adjacent to an activating group) is 1. The number of rotatable bonds is 17. The van der Waals surface area contributed by atoms with Gasteiger partial charge in [-0.15, -0.1) is 0 Å². The Balaban J connectivity index is 2.25. The Morgan fingerprint density at radius 3 is 2.36 bits per heavy atom. The lowest BCUT2D eigenvalue weighted by Gasteiger charge is -2.31. The van der Waals surface area contributed by atoms with Crippen molar-refractivity contribution in [3.63, 3.8) is 0 Å². The maximum Gasteiger partial charge on any atom is 0.253 e. The largest absolute Gasteiger partial charge is 0.370 e. The molecule has 1 aromatic rings. The number of hydrogen-bond acceptors (Lipinski definition) is 7. The van der Waals surface area contributed by atoms with Gasteiger partial charge in [-0.3, -0.25) is 33.9 Å². The van der Waals surface area contributed by atoms with E-state index in [1.165, 1.54) is 11.1 Å². The quantitative estimate of drug-likeness (QED) is 0.0808. The number of carbonyl (C=O) groups is 5. The number of nitrogens with zero attached hydrogens (tertiary/aromatic N) is 3. The summed E-state index contributed by atoms with van der Waals surface area (Å²) in [6.07, 6.45) is 4.79. The van der Waals surface area contributed by atoms with E-state index in [2.05, 4.69) is 31.2 Å². The van der Waals surface area contributed by atoms with Crippen molar-refractivity contribution >= 4 is 35.5 Å². The summed E-state index contributed by atoms with van der Waals surface area (Å²) in [5.74, 6) is -2.46. The molecule has 14 heteroatoms. The van der Waals surface area contributed by atoms with Crippen LogP contribution in [0.5, 0.6) is 0 Å². The molecule has 0 aliphatic carbocycles. The third-order valence-electron chi connectivity index (χ3n) is 7.92. The Hall–Kier alpha value is -4.23. The molecule has 1 aliphatic rings. The summed E-state index contributed by atoms with van der Waals surface area (Å²) in [7, 11) is 0. The standard InChI is InChI=1S/C31H51N9O5/c1-6-11-22(37-26(41)21-15-14-20(5)36-18-21)27(42)39-25(19(4)7-2)29(44)38-23(12-9-16-35-31(32)33)30(45)40-17-10-13-24(40)28(43)34-8-3/h14-15,18-19,22-25H,6-13,16-17H2,1-5H3,(H,34,43)(H,37,41)(H,38,44)(H,39,42)(H4,32,33,35)/t19-,22-,23-,24-,25-/m0/s1. The lowest BCUT2D eigenvalue weighted by molar-refractivity contribution is -0.142. The number of pyridine rings is 1. The van der Waals surface area contributed by atoms with E-state index in [-0.39, 0.29) is 36.7 Å². The van der Waals surface area contributed by atoms with E-state index < -0.39 is 41.9 Å². The number of aliphatic imine (C=N–C) groups is 1. The molecule has 1 saturated heterocycles. The second-order valence-corrected chi connectivity index (χ2v) is 11.5. The Labute approximate surface area is 265 Å². The summed E-state index contributed by atoms with van der Waals surface area (Å²) in [5.41, 5.74) is 12.0. The van der Waals surface area contributed by atoms with Gasteiger partial charge in [-0.25, -0.2) is 0 Å². The first-order chi connectivity index (χ1) is 21.4. The SMILES string of the molecule is CCC[C@H](NC(=O)c1ccc(C)nc1)C(=O)N[C@H](C(=O)N[C@@H](CCCN=C(N)N)C(=O)N1CCC[C@H]1C(=O)NCC)[C@@H](C)CC. The van der Waals surface area contributed by atoms with Gasteiger partial charge >= 0.3 is 0 Å². The highest BCUT2D eigenvalue weighted by Crippen LogP contribution is 2.20. The Morgan fingerprint density at radius 2 is 1.76 bits per heavy atom. The van der Waals surface area contributed by atoms with Gasteiger partial charge in [-0.1, -0.05) is 33.6 Å². The van der Waals surface area contributed by atoms with Crippen molar-refractivity contribution in [3.05, 3.63) is 29.6 Å². The lowest BCUT2D eigenvalue weighted by Crippen LogP contribution is -2.59. The van der Waals surface area contributed by atoms with Gasteiger partial charge in [0.2, 0.25) is 23.6 Å². The van der Waals surface area contributed by atoms with E-state index in [1.54, 1.807) is 12.1 Å². The zero-order valence-corrected chi connectivity index (χ0v) is 27.2. The molecular weight excluding hydrogens is 578 g/mol. The molecule has 250 valence electrons. The first kappa shape index (κ1) is 37.0. The van der Waals surface area contributed by atoms with E-state index in [4.69, 9.17) is 11.5 Å². The van der Waals surface area contributed by atoms with E-state index in [1.807, 2.05) is 34.6 Å². The fourth-order valence-corrected chi connectivity index (χ4v) is 5.17. The summed E-state index contributed by atoms with van der Waals surface area (Å²) in [4.78, 5) is 76.3. The van der Waals surface area contributed by atoms with E-state index in [0.29, 0.717) is 57.2 Å². The van der Waals surface area contributed by atoms with Crippen LogP contribution in [0.1, 0.15) is 88.7 Å². The number of aryl methyl sites for hydroxylation is 1. The maximum atomic E-state index is 13.8. The van der Waals surface area contributed by atoms with Gasteiger partial charge in [-0.05, 0) is 64.0 Å². The zero-order chi connectivity index (χ0) is 33.5. The van der Waals surface area contributed by atoms with Crippen LogP contribution < -0.4 is 32.7 Å². The van der Waals surface area contributed by atoms with Crippen LogP contribution >= 0.6 is 0 Å². The monoisotopic (exact) mass is 629 g/mol. The van der Waals surface area contributed by atoms with Crippen LogP contribution in [0.2, 0.25) is 0 Å². The minimum Gasteiger partial charge on any atom is -0.370 e. The van der Waals surface area contributed by atoms with Gasteiger partial charge in [0.1, 0.15) is 24.2 Å². The minimum absolute atomic E-state index is 0.0790. The summed E-state index contributed by atoms with van der Waals surface area (Å²) < 4.78 is 0. The highest BCUT2D eigenvalue weighted by atomic mass is 16.2. The third-order valence-corrected chi connectivity index (χ3v) is 7.92. The van der Waals surface area contributed by atoms with E-state index in [0.717, 1.165) is 5.69 Å². The number of guanidine groups is 1. The van der Waals surface area contributed by atoms with Gasteiger partial charge in [0.15, 0.2) is 5.96 Å². The molecule has 2 rings (SSSR count). The molecule has 0 radical (unpaired) electrons. The highest BCUT2D eigenvalue weighted by molar-refractivity contribution is 5.99. The second kappa shape index (κ2) is 18.5. The fourth-order valence-electron chi connectivity index (χ4n) is 5.17. The molecule has 45 heavy (non-hydrogen) atoms. The van der Waals surface area contributed by atoms with E-state index in [9.17, 15) is 24.0 Å². The van der Waals surface area contributed by atoms with Crippen LogP contribution in [0.4, 0.5) is 0 Å². The number of nitrogens with one attached hydrogen (secondary N) is 4. The number of nitrogens with two attached hydrogens (primary N) is 2. The van der Waals surface area contributed by atoms with Crippen molar-refractivity contribution in [2.45, 2.75) is 104 Å². The van der Waals surface area contributed by atoms with Gasteiger partial charge < -0.3 is 37.6 Å². The van der Waals surface area contributed by atoms with Gasteiger partial charge in [0.25, 0.3) is 5.91 Å². The molecule has 5 amide bonds. The molecule has 1 fully saturated rings. The van der Waals surface area contributed by atoms with Gasteiger partial charge in [0, 0.05) is 31.5 Å². The van der Waals surface area contributed by atoms with Crippen LogP contribution in [-0.2, 0) is 19.2 Å². The van der Waals surface area contributed by atoms with Gasteiger partial charge in [-0.2, -0.15) is 0 Å². The van der Waals surface area contributed by atoms with Crippen LogP contribution in [0, 0.1) is 12.8 Å². The smallest absolute Gasteiger partial charge is 0.253 e. The predicted octanol–water partition coefficient (Wildman–Crippen LogP) is 0.485. The average Bonchev–Trinajstić information content (AvgIpc) is 3.50. The topological polar surface area (TPSA) is 214 Å². The Morgan fingerprint density at radius 1 is 1.02 bits per heavy atom. The Bertz CT molecular complexity index is 1190. The molecule has 0 unspecified atom stereocenters. The summed E-state index contributed by atoms with van der Waals surface area (Å²) in [5, 5.41) is 11.2. The molecular formula is C31H51N9O5. The zero-order valence-electron chi connectivity index (χ0n) is 27.2. The molecule has 2 heterocycles. The molecule has 8 N–H and O–H groups in total. The van der Waals surface area contributed by atoms with Crippen molar-refractivity contribution in [3.8, 4) is 0 Å². The molecule has 5 atom stereocenters. The third kappa shape index (κ3) is 11.3. The number of carbonyl (C=O) groups excluding carboxylic acids is 5. The van der Waals surface area contributed by atoms with Crippen LogP contribution in [-0.4, -0.2) is 89.2 Å². The Kier molecular flexibility index (Phi) is 15.2. The normalized spacial score (nSPS) is 16.9. The lowest BCUT2D eigenvalue weighted by atomic mass is 9.96. The molecule has 0 saturated carbocycles. The first-order valence-corrected chi connectivity index (χ1v) is 15.9. The molecule has 0 aromatic carbocycles. The number of amides is 5. The van der Waals surface area contributed by atoms with E-state index >= 15 is 0 Å². The average molecular weight is 630 g/mol.